The number of amides is 1. The van der Waals surface area contributed by atoms with Crippen LogP contribution in [0.1, 0.15) is 5.56 Å². The van der Waals surface area contributed by atoms with E-state index in [9.17, 15) is 4.79 Å². The van der Waals surface area contributed by atoms with E-state index >= 15 is 0 Å². The number of anilines is 1. The minimum atomic E-state index is -0.510. The molecular weight excluding hydrogens is 218 g/mol. The molecule has 0 atom stereocenters. The second-order valence-electron chi connectivity index (χ2n) is 3.12. The van der Waals surface area contributed by atoms with E-state index in [0.717, 1.165) is 5.56 Å². The standard InChI is InChI=1S/C13H15NO3/c1-3-11-5-7-12(8-6-11)14-13(15)17-10-9-16-4-2/h3-8H,1-2,9-10H2,(H,14,15). The average molecular weight is 233 g/mol. The molecule has 17 heavy (non-hydrogen) atoms. The highest BCUT2D eigenvalue weighted by Crippen LogP contribution is 2.10. The second kappa shape index (κ2) is 7.11. The number of carbonyl (C=O) groups is 1. The molecular formula is C13H15NO3. The molecule has 0 unspecified atom stereocenters. The Morgan fingerprint density at radius 2 is 1.94 bits per heavy atom. The molecule has 0 aliphatic carbocycles. The van der Waals surface area contributed by atoms with Gasteiger partial charge >= 0.3 is 6.09 Å². The second-order valence-corrected chi connectivity index (χ2v) is 3.12. The fourth-order valence-electron chi connectivity index (χ4n) is 1.12. The number of carbonyl (C=O) groups excluding carboxylic acids is 1. The molecule has 1 rings (SSSR count). The van der Waals surface area contributed by atoms with Gasteiger partial charge in [-0.3, -0.25) is 5.32 Å². The van der Waals surface area contributed by atoms with Crippen molar-refractivity contribution in [2.75, 3.05) is 18.5 Å². The van der Waals surface area contributed by atoms with Crippen molar-refractivity contribution < 1.29 is 14.3 Å². The molecule has 4 heteroatoms. The van der Waals surface area contributed by atoms with Crippen molar-refractivity contribution in [3.8, 4) is 0 Å². The van der Waals surface area contributed by atoms with Gasteiger partial charge in [0, 0.05) is 5.69 Å². The third-order valence-corrected chi connectivity index (χ3v) is 1.94. The average Bonchev–Trinajstić information content (AvgIpc) is 2.36. The highest BCUT2D eigenvalue weighted by Gasteiger charge is 2.02. The van der Waals surface area contributed by atoms with Crippen LogP contribution >= 0.6 is 0 Å². The summed E-state index contributed by atoms with van der Waals surface area (Å²) in [5.41, 5.74) is 1.66. The zero-order chi connectivity index (χ0) is 12.5. The van der Waals surface area contributed by atoms with Gasteiger partial charge in [-0.1, -0.05) is 31.4 Å². The lowest BCUT2D eigenvalue weighted by Crippen LogP contribution is -2.16. The van der Waals surface area contributed by atoms with Crippen LogP contribution in [0, 0.1) is 0 Å². The Bertz CT molecular complexity index is 384. The number of hydrogen-bond donors (Lipinski definition) is 1. The molecule has 0 aromatic heterocycles. The van der Waals surface area contributed by atoms with E-state index in [0.29, 0.717) is 12.3 Å². The molecule has 0 aliphatic rings. The van der Waals surface area contributed by atoms with Crippen molar-refractivity contribution in [1.82, 2.24) is 0 Å². The molecule has 0 saturated carbocycles. The first-order chi connectivity index (χ1) is 8.26. The summed E-state index contributed by atoms with van der Waals surface area (Å²) in [7, 11) is 0. The minimum Gasteiger partial charge on any atom is -0.498 e. The lowest BCUT2D eigenvalue weighted by molar-refractivity contribution is 0.123. The van der Waals surface area contributed by atoms with Crippen molar-refractivity contribution in [2.45, 2.75) is 0 Å². The Kier molecular flexibility index (Phi) is 5.37. The Morgan fingerprint density at radius 1 is 1.24 bits per heavy atom. The molecule has 1 aromatic carbocycles. The van der Waals surface area contributed by atoms with Crippen molar-refractivity contribution in [1.29, 1.82) is 0 Å². The number of hydrogen-bond acceptors (Lipinski definition) is 3. The molecule has 1 N–H and O–H groups in total. The largest absolute Gasteiger partial charge is 0.498 e. The molecule has 0 aliphatic heterocycles. The summed E-state index contributed by atoms with van der Waals surface area (Å²) < 4.78 is 9.67. The topological polar surface area (TPSA) is 47.6 Å². The first-order valence-electron chi connectivity index (χ1n) is 5.15. The molecule has 1 aromatic rings. The predicted molar refractivity (Wildman–Crippen MR) is 67.7 cm³/mol. The quantitative estimate of drug-likeness (QED) is 0.606. The molecule has 0 saturated heterocycles. The molecule has 0 radical (unpaired) electrons. The molecule has 90 valence electrons. The van der Waals surface area contributed by atoms with E-state index in [1.165, 1.54) is 6.26 Å². The number of ether oxygens (including phenoxy) is 2. The lowest BCUT2D eigenvalue weighted by Gasteiger charge is -2.06. The van der Waals surface area contributed by atoms with Crippen molar-refractivity contribution in [3.05, 3.63) is 49.2 Å². The van der Waals surface area contributed by atoms with Gasteiger partial charge in [-0.25, -0.2) is 4.79 Å². The highest BCUT2D eigenvalue weighted by molar-refractivity contribution is 5.84. The Hall–Kier alpha value is -2.23. The summed E-state index contributed by atoms with van der Waals surface area (Å²) in [6.45, 7) is 7.50. The van der Waals surface area contributed by atoms with Gasteiger partial charge in [0.25, 0.3) is 0 Å². The van der Waals surface area contributed by atoms with Gasteiger partial charge in [0.1, 0.15) is 13.2 Å². The van der Waals surface area contributed by atoms with Crippen LogP contribution in [0.5, 0.6) is 0 Å². The first-order valence-corrected chi connectivity index (χ1v) is 5.15. The van der Waals surface area contributed by atoms with Gasteiger partial charge in [-0.2, -0.15) is 0 Å². The fourth-order valence-corrected chi connectivity index (χ4v) is 1.12. The van der Waals surface area contributed by atoms with Gasteiger partial charge in [-0.05, 0) is 17.7 Å². The van der Waals surface area contributed by atoms with Gasteiger partial charge in [0.2, 0.25) is 0 Å². The van der Waals surface area contributed by atoms with Crippen LogP contribution in [-0.4, -0.2) is 19.3 Å². The molecule has 1 amide bonds. The van der Waals surface area contributed by atoms with Gasteiger partial charge < -0.3 is 9.47 Å². The third kappa shape index (κ3) is 4.88. The zero-order valence-electron chi connectivity index (χ0n) is 9.52. The van der Waals surface area contributed by atoms with Crippen LogP contribution in [0.4, 0.5) is 10.5 Å². The van der Waals surface area contributed by atoms with Gasteiger partial charge in [-0.15, -0.1) is 0 Å². The van der Waals surface area contributed by atoms with Crippen LogP contribution in [0.15, 0.2) is 43.7 Å². The summed E-state index contributed by atoms with van der Waals surface area (Å²) in [5.74, 6) is 0. The summed E-state index contributed by atoms with van der Waals surface area (Å²) in [5, 5.41) is 2.59. The first kappa shape index (κ1) is 12.8. The summed E-state index contributed by atoms with van der Waals surface area (Å²) in [6.07, 6.45) is 2.52. The van der Waals surface area contributed by atoms with Crippen molar-refractivity contribution >= 4 is 17.9 Å². The Balaban J connectivity index is 2.34. The normalized spacial score (nSPS) is 9.18. The van der Waals surface area contributed by atoms with E-state index in [4.69, 9.17) is 9.47 Å². The molecule has 4 nitrogen and oxygen atoms in total. The monoisotopic (exact) mass is 233 g/mol. The zero-order valence-corrected chi connectivity index (χ0v) is 9.52. The maximum absolute atomic E-state index is 11.3. The Morgan fingerprint density at radius 3 is 2.53 bits per heavy atom. The maximum Gasteiger partial charge on any atom is 0.411 e. The predicted octanol–water partition coefficient (Wildman–Crippen LogP) is 3.04. The van der Waals surface area contributed by atoms with Crippen LogP contribution in [-0.2, 0) is 9.47 Å². The lowest BCUT2D eigenvalue weighted by atomic mass is 10.2. The number of benzene rings is 1. The highest BCUT2D eigenvalue weighted by atomic mass is 16.6. The van der Waals surface area contributed by atoms with E-state index < -0.39 is 6.09 Å². The minimum absolute atomic E-state index is 0.183. The molecule has 0 heterocycles. The fraction of sp³-hybridized carbons (Fsp3) is 0.154. The van der Waals surface area contributed by atoms with Gasteiger partial charge in [0.05, 0.1) is 6.26 Å². The van der Waals surface area contributed by atoms with Crippen LogP contribution in [0.3, 0.4) is 0 Å². The summed E-state index contributed by atoms with van der Waals surface area (Å²) >= 11 is 0. The van der Waals surface area contributed by atoms with Crippen LogP contribution in [0.2, 0.25) is 0 Å². The van der Waals surface area contributed by atoms with Gasteiger partial charge in [0.15, 0.2) is 0 Å². The van der Waals surface area contributed by atoms with Crippen LogP contribution in [0.25, 0.3) is 6.08 Å². The van der Waals surface area contributed by atoms with Crippen molar-refractivity contribution in [2.24, 2.45) is 0 Å². The third-order valence-electron chi connectivity index (χ3n) is 1.94. The maximum atomic E-state index is 11.3. The van der Waals surface area contributed by atoms with Crippen molar-refractivity contribution in [3.63, 3.8) is 0 Å². The smallest absolute Gasteiger partial charge is 0.411 e. The molecule has 0 spiro atoms. The van der Waals surface area contributed by atoms with Crippen LogP contribution < -0.4 is 5.32 Å². The SMILES string of the molecule is C=COCCOC(=O)Nc1ccc(C=C)cc1. The Labute approximate surface area is 101 Å². The summed E-state index contributed by atoms with van der Waals surface area (Å²) in [4.78, 5) is 11.3. The number of nitrogens with one attached hydrogen (secondary N) is 1. The van der Waals surface area contributed by atoms with E-state index in [-0.39, 0.29) is 6.61 Å². The molecule has 0 fully saturated rings. The van der Waals surface area contributed by atoms with E-state index in [1.54, 1.807) is 18.2 Å². The van der Waals surface area contributed by atoms with E-state index in [2.05, 4.69) is 18.5 Å². The molecule has 0 bridgehead atoms. The van der Waals surface area contributed by atoms with E-state index in [1.807, 2.05) is 12.1 Å². The number of rotatable bonds is 6. The summed E-state index contributed by atoms with van der Waals surface area (Å²) in [6, 6.07) is 7.25.